The fourth-order valence-corrected chi connectivity index (χ4v) is 0.694. The molecule has 0 aliphatic carbocycles. The molecule has 0 heterocycles. The van der Waals surface area contributed by atoms with Crippen molar-refractivity contribution in [2.24, 2.45) is 0 Å². The summed E-state index contributed by atoms with van der Waals surface area (Å²) in [6, 6.07) is 0. The van der Waals surface area contributed by atoms with Gasteiger partial charge in [-0.05, 0) is 0 Å². The molecule has 1 heteroatoms. The Kier molecular flexibility index (Phi) is 5.60. The monoisotopic (exact) mass is 122 g/mol. The number of allylic oxidation sites excluding steroid dienone is 2. The molecular weight excluding hydrogens is 107 g/mol. The average Bonchev–Trinajstić information content (AvgIpc) is 1.85. The van der Waals surface area contributed by atoms with Gasteiger partial charge in [0.1, 0.15) is 0 Å². The van der Waals surface area contributed by atoms with Crippen molar-refractivity contribution >= 4 is 12.9 Å². The first-order chi connectivity index (χ1) is 4.31. The van der Waals surface area contributed by atoms with Gasteiger partial charge in [0.15, 0.2) is 0 Å². The quantitative estimate of drug-likeness (QED) is 0.503. The van der Waals surface area contributed by atoms with Crippen molar-refractivity contribution in [3.05, 3.63) is 11.5 Å². The van der Waals surface area contributed by atoms with Crippen molar-refractivity contribution < 1.29 is 0 Å². The normalized spacial score (nSPS) is 12.1. The third-order valence-electron chi connectivity index (χ3n) is 1.14. The molecule has 0 spiro atoms. The van der Waals surface area contributed by atoms with Crippen LogP contribution in [0.3, 0.4) is 0 Å². The molecule has 0 aromatic carbocycles. The maximum atomic E-state index is 2.23. The molecule has 0 amide bonds. The molecule has 0 radical (unpaired) electrons. The van der Waals surface area contributed by atoms with E-state index < -0.39 is 0 Å². The summed E-state index contributed by atoms with van der Waals surface area (Å²) < 4.78 is 0. The minimum atomic E-state index is 1.13. The Morgan fingerprint density at radius 1 is 1.33 bits per heavy atom. The Bertz CT molecular complexity index is 112. The predicted octanol–water partition coefficient (Wildman–Crippen LogP) is 2.22. The summed E-state index contributed by atoms with van der Waals surface area (Å²) in [4.78, 5) is 0. The van der Waals surface area contributed by atoms with E-state index in [0.717, 1.165) is 12.8 Å². The fourth-order valence-electron chi connectivity index (χ4n) is 0.694. The summed E-state index contributed by atoms with van der Waals surface area (Å²) in [5.41, 5.74) is 1.37. The molecule has 0 saturated heterocycles. The van der Waals surface area contributed by atoms with Gasteiger partial charge in [0, 0.05) is 0 Å². The molecule has 0 saturated carbocycles. The molecule has 9 heavy (non-hydrogen) atoms. The molecule has 0 aliphatic heterocycles. The van der Waals surface area contributed by atoms with Gasteiger partial charge in [0.25, 0.3) is 0 Å². The zero-order valence-electron chi connectivity index (χ0n) is 6.65. The van der Waals surface area contributed by atoms with Crippen LogP contribution >= 0.6 is 0 Å². The van der Waals surface area contributed by atoms with E-state index in [2.05, 4.69) is 39.7 Å². The zero-order valence-corrected chi connectivity index (χ0v) is 6.65. The molecule has 0 fully saturated rings. The van der Waals surface area contributed by atoms with Gasteiger partial charge in [-0.1, -0.05) is 0 Å². The summed E-state index contributed by atoms with van der Waals surface area (Å²) in [6.07, 6.45) is 4.50. The molecule has 50 valence electrons. The Balaban J connectivity index is 3.60. The van der Waals surface area contributed by atoms with Crippen LogP contribution in [0.15, 0.2) is 11.5 Å². The Morgan fingerprint density at radius 3 is 2.44 bits per heavy atom. The van der Waals surface area contributed by atoms with Gasteiger partial charge < -0.3 is 0 Å². The second-order valence-corrected chi connectivity index (χ2v) is 2.17. The van der Waals surface area contributed by atoms with Crippen LogP contribution in [0.5, 0.6) is 0 Å². The average molecular weight is 122 g/mol. The Hall–Kier alpha value is -0.325. The van der Waals surface area contributed by atoms with Crippen LogP contribution in [0.1, 0.15) is 33.6 Å². The van der Waals surface area contributed by atoms with E-state index in [1.165, 1.54) is 5.47 Å². The van der Waals surface area contributed by atoms with E-state index in [-0.39, 0.29) is 0 Å². The fraction of sp³-hybridized carbons (Fsp3) is 0.625. The molecule has 0 atom stereocenters. The molecule has 0 nitrogen and oxygen atoms in total. The van der Waals surface area contributed by atoms with E-state index in [1.54, 1.807) is 0 Å². The van der Waals surface area contributed by atoms with Crippen LogP contribution in [0.25, 0.3) is 0 Å². The third kappa shape index (κ3) is 5.55. The Morgan fingerprint density at radius 2 is 2.00 bits per heavy atom. The Labute approximate surface area is 58.9 Å². The van der Waals surface area contributed by atoms with Gasteiger partial charge in [0.05, 0.1) is 0 Å². The summed E-state index contributed by atoms with van der Waals surface area (Å²) in [7, 11) is 0. The summed E-state index contributed by atoms with van der Waals surface area (Å²) in [5, 5.41) is 0. The van der Waals surface area contributed by atoms with Crippen LogP contribution in [0, 0.1) is 0 Å². The second kappa shape index (κ2) is 5.81. The molecule has 0 bridgehead atoms. The van der Waals surface area contributed by atoms with E-state index >= 15 is 0 Å². The first-order valence-electron chi connectivity index (χ1n) is 3.64. The topological polar surface area (TPSA) is 0 Å². The van der Waals surface area contributed by atoms with Crippen LogP contribution < -0.4 is 0 Å². The zero-order chi connectivity index (χ0) is 7.11. The van der Waals surface area contributed by atoms with E-state index in [0.29, 0.717) is 0 Å². The molecular formula is C8H15B. The van der Waals surface area contributed by atoms with E-state index in [9.17, 15) is 0 Å². The van der Waals surface area contributed by atoms with Crippen molar-refractivity contribution in [1.29, 1.82) is 0 Å². The number of hydrogen-bond acceptors (Lipinski definition) is 0. The predicted molar refractivity (Wildman–Crippen MR) is 46.2 cm³/mol. The molecule has 0 rings (SSSR count). The maximum absolute atomic E-state index is 2.23. The van der Waals surface area contributed by atoms with Gasteiger partial charge in [-0.25, -0.2) is 0 Å². The SMILES string of the molecule is CCC=BC(C)=CCC. The molecule has 0 aliphatic rings. The first-order valence-corrected chi connectivity index (χ1v) is 3.64. The molecule has 0 aromatic rings. The van der Waals surface area contributed by atoms with Crippen LogP contribution in [0.2, 0.25) is 0 Å². The summed E-state index contributed by atoms with van der Waals surface area (Å²) in [5.74, 6) is 2.18. The molecule has 0 unspecified atom stereocenters. The minimum absolute atomic E-state index is 1.13. The van der Waals surface area contributed by atoms with E-state index in [1.807, 2.05) is 0 Å². The van der Waals surface area contributed by atoms with Crippen molar-refractivity contribution in [2.75, 3.05) is 0 Å². The van der Waals surface area contributed by atoms with Gasteiger partial charge in [-0.3, -0.25) is 0 Å². The number of rotatable bonds is 3. The standard InChI is InChI=1S/C8H15B/c1-4-6-8(3)9-7-5-2/h6-7H,4-5H2,1-3H3. The van der Waals surface area contributed by atoms with Crippen molar-refractivity contribution in [3.63, 3.8) is 0 Å². The van der Waals surface area contributed by atoms with Gasteiger partial charge in [0.2, 0.25) is 0 Å². The van der Waals surface area contributed by atoms with Crippen molar-refractivity contribution in [2.45, 2.75) is 33.6 Å². The van der Waals surface area contributed by atoms with Crippen molar-refractivity contribution in [1.82, 2.24) is 0 Å². The number of hydrogen-bond donors (Lipinski definition) is 0. The second-order valence-electron chi connectivity index (χ2n) is 2.17. The molecule has 0 N–H and O–H groups in total. The van der Waals surface area contributed by atoms with Crippen LogP contribution in [-0.4, -0.2) is 12.9 Å². The van der Waals surface area contributed by atoms with Crippen LogP contribution in [0.4, 0.5) is 0 Å². The van der Waals surface area contributed by atoms with E-state index in [4.69, 9.17) is 0 Å². The van der Waals surface area contributed by atoms with Gasteiger partial charge in [-0.2, -0.15) is 0 Å². The summed E-state index contributed by atoms with van der Waals surface area (Å²) >= 11 is 0. The molecule has 0 aromatic heterocycles. The van der Waals surface area contributed by atoms with Gasteiger partial charge in [-0.15, -0.1) is 0 Å². The first kappa shape index (κ1) is 8.67. The van der Waals surface area contributed by atoms with Gasteiger partial charge >= 0.3 is 58.0 Å². The van der Waals surface area contributed by atoms with Crippen LogP contribution in [-0.2, 0) is 0 Å². The van der Waals surface area contributed by atoms with Crippen molar-refractivity contribution in [3.8, 4) is 0 Å². The third-order valence-corrected chi connectivity index (χ3v) is 1.14. The summed E-state index contributed by atoms with van der Waals surface area (Å²) in [6.45, 7) is 8.61.